The van der Waals surface area contributed by atoms with E-state index in [-0.39, 0.29) is 33.6 Å². The standard InChI is InChI=1S/C21H20N4O6S2/c1-11(2)25-20(28)15-6-4-13(8-18(15)33(25,29)30)19(27)24-21-23-16(10-32-21)17-7-5-14(31-17)9-22-12(3)26/h4-8,10-11H,9H2,1-3H3,(H,22,26)(H,23,24,27). The molecule has 3 heterocycles. The first-order valence-corrected chi connectivity index (χ1v) is 12.2. The molecule has 10 nitrogen and oxygen atoms in total. The molecule has 0 aliphatic carbocycles. The lowest BCUT2D eigenvalue weighted by Crippen LogP contribution is -2.36. The molecule has 172 valence electrons. The first kappa shape index (κ1) is 22.7. The molecular formula is C21H20N4O6S2. The highest BCUT2D eigenvalue weighted by Gasteiger charge is 2.43. The lowest BCUT2D eigenvalue weighted by Gasteiger charge is -2.18. The molecule has 0 saturated heterocycles. The number of amides is 3. The number of hydrogen-bond acceptors (Lipinski definition) is 8. The molecule has 3 aromatic rings. The zero-order valence-corrected chi connectivity index (χ0v) is 19.5. The van der Waals surface area contributed by atoms with Crippen LogP contribution in [-0.2, 0) is 21.4 Å². The monoisotopic (exact) mass is 488 g/mol. The third kappa shape index (κ3) is 4.26. The Kier molecular flexibility index (Phi) is 5.80. The minimum Gasteiger partial charge on any atom is -0.458 e. The molecule has 3 amide bonds. The number of carbonyl (C=O) groups is 3. The molecule has 4 rings (SSSR count). The van der Waals surface area contributed by atoms with Crippen molar-refractivity contribution in [3.63, 3.8) is 0 Å². The molecule has 1 aliphatic heterocycles. The molecule has 0 fully saturated rings. The van der Waals surface area contributed by atoms with Crippen molar-refractivity contribution in [3.8, 4) is 11.5 Å². The number of sulfonamides is 1. The van der Waals surface area contributed by atoms with E-state index >= 15 is 0 Å². The number of hydrogen-bond donors (Lipinski definition) is 2. The van der Waals surface area contributed by atoms with Crippen molar-refractivity contribution in [2.45, 2.75) is 38.3 Å². The lowest BCUT2D eigenvalue weighted by atomic mass is 10.1. The van der Waals surface area contributed by atoms with Gasteiger partial charge in [-0.3, -0.25) is 19.7 Å². The van der Waals surface area contributed by atoms with Gasteiger partial charge in [0.05, 0.1) is 12.1 Å². The maximum atomic E-state index is 12.7. The van der Waals surface area contributed by atoms with Crippen molar-refractivity contribution in [2.75, 3.05) is 5.32 Å². The van der Waals surface area contributed by atoms with E-state index in [1.165, 1.54) is 36.5 Å². The fraction of sp³-hybridized carbons (Fsp3) is 0.238. The van der Waals surface area contributed by atoms with Crippen LogP contribution in [0.1, 0.15) is 47.2 Å². The van der Waals surface area contributed by atoms with Gasteiger partial charge >= 0.3 is 0 Å². The van der Waals surface area contributed by atoms with E-state index in [1.807, 2.05) is 0 Å². The molecule has 0 bridgehead atoms. The van der Waals surface area contributed by atoms with Gasteiger partial charge in [0.2, 0.25) is 5.91 Å². The first-order valence-electron chi connectivity index (χ1n) is 9.91. The summed E-state index contributed by atoms with van der Waals surface area (Å²) in [4.78, 5) is 40.3. The van der Waals surface area contributed by atoms with Crippen molar-refractivity contribution in [3.05, 3.63) is 52.6 Å². The highest BCUT2D eigenvalue weighted by Crippen LogP contribution is 2.33. The summed E-state index contributed by atoms with van der Waals surface area (Å²) in [5.41, 5.74) is 0.631. The number of carbonyl (C=O) groups excluding carboxylic acids is 3. The van der Waals surface area contributed by atoms with Crippen molar-refractivity contribution < 1.29 is 27.2 Å². The van der Waals surface area contributed by atoms with E-state index < -0.39 is 27.9 Å². The SMILES string of the molecule is CC(=O)NCc1ccc(-c2csc(NC(=O)c3ccc4c(c3)S(=O)(=O)N(C(C)C)C4=O)n2)o1. The van der Waals surface area contributed by atoms with E-state index in [2.05, 4.69) is 15.6 Å². The summed E-state index contributed by atoms with van der Waals surface area (Å²) in [5.74, 6) is -0.304. The maximum absolute atomic E-state index is 12.7. The van der Waals surface area contributed by atoms with Gasteiger partial charge in [-0.25, -0.2) is 17.7 Å². The zero-order chi connectivity index (χ0) is 23.9. The van der Waals surface area contributed by atoms with Crippen LogP contribution in [0.5, 0.6) is 0 Å². The molecule has 2 N–H and O–H groups in total. The first-order chi connectivity index (χ1) is 15.6. The Bertz CT molecular complexity index is 1370. The number of aromatic nitrogens is 1. The smallest absolute Gasteiger partial charge is 0.269 e. The Balaban J connectivity index is 1.51. The van der Waals surface area contributed by atoms with Gasteiger partial charge in [0.1, 0.15) is 16.3 Å². The number of anilines is 1. The Morgan fingerprint density at radius 1 is 1.21 bits per heavy atom. The Morgan fingerprint density at radius 2 is 1.97 bits per heavy atom. The Morgan fingerprint density at radius 3 is 2.67 bits per heavy atom. The molecule has 1 aliphatic rings. The molecule has 0 saturated carbocycles. The Hall–Kier alpha value is -3.51. The number of rotatable bonds is 6. The van der Waals surface area contributed by atoms with E-state index in [1.54, 1.807) is 31.4 Å². The van der Waals surface area contributed by atoms with Gasteiger partial charge in [0, 0.05) is 23.9 Å². The molecule has 2 aromatic heterocycles. The predicted octanol–water partition coefficient (Wildman–Crippen LogP) is 2.84. The van der Waals surface area contributed by atoms with Crippen LogP contribution in [0, 0.1) is 0 Å². The average molecular weight is 489 g/mol. The van der Waals surface area contributed by atoms with Crippen molar-refractivity contribution in [2.24, 2.45) is 0 Å². The fourth-order valence-corrected chi connectivity index (χ4v) is 5.82. The van der Waals surface area contributed by atoms with E-state index in [0.717, 1.165) is 4.31 Å². The number of furan rings is 1. The van der Waals surface area contributed by atoms with Gasteiger partial charge in [-0.2, -0.15) is 0 Å². The van der Waals surface area contributed by atoms with E-state index in [0.29, 0.717) is 17.2 Å². The molecule has 0 spiro atoms. The van der Waals surface area contributed by atoms with Crippen LogP contribution in [0.3, 0.4) is 0 Å². The van der Waals surface area contributed by atoms with Crippen molar-refractivity contribution in [1.29, 1.82) is 0 Å². The van der Waals surface area contributed by atoms with Gasteiger partial charge in [-0.1, -0.05) is 0 Å². The zero-order valence-electron chi connectivity index (χ0n) is 17.9. The van der Waals surface area contributed by atoms with Crippen LogP contribution in [0.25, 0.3) is 11.5 Å². The number of nitrogens with zero attached hydrogens (tertiary/aromatic N) is 2. The summed E-state index contributed by atoms with van der Waals surface area (Å²) < 4.78 is 32.0. The molecule has 0 unspecified atom stereocenters. The molecule has 0 atom stereocenters. The average Bonchev–Trinajstić information content (AvgIpc) is 3.44. The van der Waals surface area contributed by atoms with E-state index in [9.17, 15) is 22.8 Å². The van der Waals surface area contributed by atoms with Gasteiger partial charge in [-0.15, -0.1) is 11.3 Å². The molecule has 12 heteroatoms. The summed E-state index contributed by atoms with van der Waals surface area (Å²) in [6.07, 6.45) is 0. The molecule has 1 aromatic carbocycles. The van der Waals surface area contributed by atoms with Crippen LogP contribution < -0.4 is 10.6 Å². The lowest BCUT2D eigenvalue weighted by molar-refractivity contribution is -0.119. The second-order valence-corrected chi connectivity index (χ2v) is 10.2. The van der Waals surface area contributed by atoms with Crippen LogP contribution in [0.2, 0.25) is 0 Å². The summed E-state index contributed by atoms with van der Waals surface area (Å²) >= 11 is 1.17. The number of nitrogens with one attached hydrogen (secondary N) is 2. The summed E-state index contributed by atoms with van der Waals surface area (Å²) in [7, 11) is -4.01. The molecule has 33 heavy (non-hydrogen) atoms. The van der Waals surface area contributed by atoms with Crippen molar-refractivity contribution >= 4 is 44.2 Å². The van der Waals surface area contributed by atoms with Crippen LogP contribution in [0.15, 0.2) is 45.0 Å². The maximum Gasteiger partial charge on any atom is 0.269 e. The minimum absolute atomic E-state index is 0.0460. The highest BCUT2D eigenvalue weighted by molar-refractivity contribution is 7.90. The van der Waals surface area contributed by atoms with Gasteiger partial charge < -0.3 is 9.73 Å². The quantitative estimate of drug-likeness (QED) is 0.544. The van der Waals surface area contributed by atoms with Gasteiger partial charge in [0.25, 0.3) is 21.8 Å². The Labute approximate surface area is 193 Å². The van der Waals surface area contributed by atoms with Gasteiger partial charge in [-0.05, 0) is 44.2 Å². The van der Waals surface area contributed by atoms with Crippen LogP contribution >= 0.6 is 11.3 Å². The van der Waals surface area contributed by atoms with Crippen LogP contribution in [-0.4, -0.2) is 41.5 Å². The number of benzene rings is 1. The summed E-state index contributed by atoms with van der Waals surface area (Å²) in [6.45, 7) is 4.88. The van der Waals surface area contributed by atoms with E-state index in [4.69, 9.17) is 4.42 Å². The second-order valence-electron chi connectivity index (χ2n) is 7.58. The predicted molar refractivity (Wildman–Crippen MR) is 120 cm³/mol. The minimum atomic E-state index is -4.01. The fourth-order valence-electron chi connectivity index (χ4n) is 3.34. The third-order valence-corrected chi connectivity index (χ3v) is 7.59. The highest BCUT2D eigenvalue weighted by atomic mass is 32.2. The van der Waals surface area contributed by atoms with Crippen LogP contribution in [0.4, 0.5) is 5.13 Å². The topological polar surface area (TPSA) is 139 Å². The van der Waals surface area contributed by atoms with Gasteiger partial charge in [0.15, 0.2) is 10.9 Å². The molecular weight excluding hydrogens is 468 g/mol. The van der Waals surface area contributed by atoms with Crippen molar-refractivity contribution in [1.82, 2.24) is 14.6 Å². The summed E-state index contributed by atoms with van der Waals surface area (Å²) in [6, 6.07) is 6.84. The summed E-state index contributed by atoms with van der Waals surface area (Å²) in [5, 5.41) is 7.26. The normalized spacial score (nSPS) is 14.4. The second kappa shape index (κ2) is 8.45. The number of fused-ring (bicyclic) bond motifs is 1. The largest absolute Gasteiger partial charge is 0.458 e. The third-order valence-electron chi connectivity index (χ3n) is 4.83. The molecule has 0 radical (unpaired) electrons. The number of thiazole rings is 1.